The maximum atomic E-state index is 12.0. The Kier molecular flexibility index (Phi) is 4.61. The maximum Gasteiger partial charge on any atom is 0.312 e. The smallest absolute Gasteiger partial charge is 0.312 e. The van der Waals surface area contributed by atoms with Crippen molar-refractivity contribution in [1.29, 1.82) is 0 Å². The third kappa shape index (κ3) is 3.16. The number of nitrogens with two attached hydrogens (primary N) is 1. The molecule has 0 aromatic carbocycles. The van der Waals surface area contributed by atoms with E-state index in [0.717, 1.165) is 11.4 Å². The Morgan fingerprint density at radius 2 is 2.22 bits per heavy atom. The molecule has 0 aliphatic heterocycles. The van der Waals surface area contributed by atoms with Gasteiger partial charge in [0.1, 0.15) is 0 Å². The van der Waals surface area contributed by atoms with Crippen LogP contribution >= 0.6 is 0 Å². The van der Waals surface area contributed by atoms with E-state index >= 15 is 0 Å². The fourth-order valence-electron chi connectivity index (χ4n) is 1.75. The Morgan fingerprint density at radius 1 is 1.50 bits per heavy atom. The summed E-state index contributed by atoms with van der Waals surface area (Å²) < 4.78 is 3.17. The number of anilines is 1. The van der Waals surface area contributed by atoms with Gasteiger partial charge in [-0.05, 0) is 26.0 Å². The van der Waals surface area contributed by atoms with Crippen LogP contribution in [0, 0.1) is 13.8 Å². The number of halogens is 1. The first-order valence-electron chi connectivity index (χ1n) is 5.37. The molecule has 0 aliphatic carbocycles. The summed E-state index contributed by atoms with van der Waals surface area (Å²) in [4.78, 5) is 12.0. The third-order valence-electron chi connectivity index (χ3n) is 2.44. The zero-order chi connectivity index (χ0) is 12.4. The van der Waals surface area contributed by atoms with Crippen molar-refractivity contribution in [3.05, 3.63) is 42.0 Å². The van der Waals surface area contributed by atoms with Crippen LogP contribution in [0.1, 0.15) is 16.2 Å². The van der Waals surface area contributed by atoms with Gasteiger partial charge in [0, 0.05) is 11.8 Å². The molecule has 0 radical (unpaired) electrons. The SMILES string of the molecule is Cc1cc(C)n(C(=O)C[n+]2cccc(N)c2)n1.[Br-]. The molecular weight excluding hydrogens is 296 g/mol. The van der Waals surface area contributed by atoms with E-state index in [-0.39, 0.29) is 29.4 Å². The Hall–Kier alpha value is -1.69. The van der Waals surface area contributed by atoms with Crippen LogP contribution in [0.15, 0.2) is 30.6 Å². The molecule has 6 heteroatoms. The molecule has 2 aromatic heterocycles. The van der Waals surface area contributed by atoms with Gasteiger partial charge in [0.15, 0.2) is 12.4 Å². The van der Waals surface area contributed by atoms with Crippen molar-refractivity contribution in [1.82, 2.24) is 9.78 Å². The molecule has 5 nitrogen and oxygen atoms in total. The molecule has 2 rings (SSSR count). The van der Waals surface area contributed by atoms with Crippen LogP contribution in [0.2, 0.25) is 0 Å². The van der Waals surface area contributed by atoms with Gasteiger partial charge in [-0.25, -0.2) is 0 Å². The first kappa shape index (κ1) is 14.4. The number of carbonyl (C=O) groups is 1. The van der Waals surface area contributed by atoms with Crippen LogP contribution < -0.4 is 27.3 Å². The average Bonchev–Trinajstić information content (AvgIpc) is 2.58. The van der Waals surface area contributed by atoms with Crippen molar-refractivity contribution in [2.45, 2.75) is 20.4 Å². The molecule has 0 atom stereocenters. The van der Waals surface area contributed by atoms with E-state index < -0.39 is 0 Å². The van der Waals surface area contributed by atoms with Gasteiger partial charge in [0.2, 0.25) is 6.54 Å². The Labute approximate surface area is 116 Å². The van der Waals surface area contributed by atoms with Gasteiger partial charge in [-0.2, -0.15) is 14.3 Å². The first-order valence-corrected chi connectivity index (χ1v) is 5.37. The van der Waals surface area contributed by atoms with Crippen molar-refractivity contribution in [3.8, 4) is 0 Å². The fraction of sp³-hybridized carbons (Fsp3) is 0.250. The molecule has 18 heavy (non-hydrogen) atoms. The van der Waals surface area contributed by atoms with E-state index in [1.165, 1.54) is 4.68 Å². The Morgan fingerprint density at radius 3 is 2.78 bits per heavy atom. The number of nitrogens with zero attached hydrogens (tertiary/aromatic N) is 3. The minimum absolute atomic E-state index is 0. The van der Waals surface area contributed by atoms with Crippen LogP contribution in [0.3, 0.4) is 0 Å². The number of hydrogen-bond acceptors (Lipinski definition) is 3. The van der Waals surface area contributed by atoms with Gasteiger partial charge < -0.3 is 22.7 Å². The lowest BCUT2D eigenvalue weighted by atomic mass is 10.4. The molecule has 0 saturated carbocycles. The van der Waals surface area contributed by atoms with Gasteiger partial charge >= 0.3 is 5.91 Å². The second kappa shape index (κ2) is 5.77. The first-order chi connectivity index (χ1) is 8.06. The summed E-state index contributed by atoms with van der Waals surface area (Å²) in [6.45, 7) is 3.96. The van der Waals surface area contributed by atoms with E-state index in [1.807, 2.05) is 26.0 Å². The van der Waals surface area contributed by atoms with Crippen molar-refractivity contribution >= 4 is 11.6 Å². The quantitative estimate of drug-likeness (QED) is 0.635. The molecule has 2 aromatic rings. The average molecular weight is 311 g/mol. The Balaban J connectivity index is 0.00000162. The molecule has 0 aliphatic rings. The Bertz CT molecular complexity index is 565. The number of nitrogen functional groups attached to an aromatic ring is 1. The highest BCUT2D eigenvalue weighted by Gasteiger charge is 2.15. The van der Waals surface area contributed by atoms with E-state index in [1.54, 1.807) is 23.0 Å². The predicted octanol–water partition coefficient (Wildman–Crippen LogP) is -2.29. The van der Waals surface area contributed by atoms with Crippen molar-refractivity contribution in [2.24, 2.45) is 0 Å². The molecular formula is C12H15BrN4O. The van der Waals surface area contributed by atoms with Gasteiger partial charge in [0.25, 0.3) is 0 Å². The van der Waals surface area contributed by atoms with Gasteiger partial charge in [-0.1, -0.05) is 0 Å². The summed E-state index contributed by atoms with van der Waals surface area (Å²) in [5, 5.41) is 4.15. The van der Waals surface area contributed by atoms with Gasteiger partial charge in [-0.15, -0.1) is 0 Å². The second-order valence-electron chi connectivity index (χ2n) is 4.04. The maximum absolute atomic E-state index is 12.0. The molecule has 0 fully saturated rings. The van der Waals surface area contributed by atoms with E-state index in [0.29, 0.717) is 5.69 Å². The summed E-state index contributed by atoms with van der Waals surface area (Å²) in [5.41, 5.74) is 7.97. The molecule has 0 spiro atoms. The number of aryl methyl sites for hydroxylation is 2. The number of carbonyl (C=O) groups excluding carboxylic acids is 1. The molecule has 96 valence electrons. The lowest BCUT2D eigenvalue weighted by Gasteiger charge is -2.00. The van der Waals surface area contributed by atoms with Crippen LogP contribution in [0.5, 0.6) is 0 Å². The zero-order valence-corrected chi connectivity index (χ0v) is 11.9. The highest BCUT2D eigenvalue weighted by atomic mass is 79.9. The summed E-state index contributed by atoms with van der Waals surface area (Å²) in [7, 11) is 0. The second-order valence-corrected chi connectivity index (χ2v) is 4.04. The normalized spacial score (nSPS) is 9.89. The third-order valence-corrected chi connectivity index (χ3v) is 2.44. The zero-order valence-electron chi connectivity index (χ0n) is 10.3. The lowest BCUT2D eigenvalue weighted by Crippen LogP contribution is -3.00. The molecule has 2 heterocycles. The molecule has 0 bridgehead atoms. The van der Waals surface area contributed by atoms with Crippen LogP contribution in [-0.4, -0.2) is 15.7 Å². The number of aromatic nitrogens is 3. The molecule has 2 N–H and O–H groups in total. The highest BCUT2D eigenvalue weighted by Crippen LogP contribution is 2.01. The van der Waals surface area contributed by atoms with Crippen molar-refractivity contribution in [2.75, 3.05) is 5.73 Å². The monoisotopic (exact) mass is 310 g/mol. The predicted molar refractivity (Wildman–Crippen MR) is 63.4 cm³/mol. The lowest BCUT2D eigenvalue weighted by molar-refractivity contribution is -0.683. The molecule has 0 amide bonds. The number of pyridine rings is 1. The minimum atomic E-state index is -0.0776. The highest BCUT2D eigenvalue weighted by molar-refractivity contribution is 5.77. The summed E-state index contributed by atoms with van der Waals surface area (Å²) in [6, 6.07) is 5.47. The molecule has 0 unspecified atom stereocenters. The van der Waals surface area contributed by atoms with Crippen LogP contribution in [-0.2, 0) is 6.54 Å². The van der Waals surface area contributed by atoms with Crippen molar-refractivity contribution in [3.63, 3.8) is 0 Å². The number of rotatable bonds is 2. The molecule has 0 saturated heterocycles. The minimum Gasteiger partial charge on any atom is -1.00 e. The number of hydrogen-bond donors (Lipinski definition) is 1. The van der Waals surface area contributed by atoms with Crippen LogP contribution in [0.25, 0.3) is 0 Å². The standard InChI is InChI=1S/C12H15N4O.BrH/c1-9-6-10(2)16(14-9)12(17)8-15-5-3-4-11(13)7-15;/h3-7H,8,13H2,1-2H3;1H/q+1;/p-1. The summed E-state index contributed by atoms with van der Waals surface area (Å²) >= 11 is 0. The fourth-order valence-corrected chi connectivity index (χ4v) is 1.75. The summed E-state index contributed by atoms with van der Waals surface area (Å²) in [5.74, 6) is -0.0776. The van der Waals surface area contributed by atoms with E-state index in [4.69, 9.17) is 5.73 Å². The van der Waals surface area contributed by atoms with Gasteiger partial charge in [0.05, 0.1) is 11.4 Å². The summed E-state index contributed by atoms with van der Waals surface area (Å²) in [6.07, 6.45) is 3.53. The van der Waals surface area contributed by atoms with Crippen LogP contribution in [0.4, 0.5) is 5.69 Å². The van der Waals surface area contributed by atoms with E-state index in [2.05, 4.69) is 5.10 Å². The largest absolute Gasteiger partial charge is 1.00 e. The van der Waals surface area contributed by atoms with Gasteiger partial charge in [-0.3, -0.25) is 4.79 Å². The topological polar surface area (TPSA) is 64.8 Å². The van der Waals surface area contributed by atoms with E-state index in [9.17, 15) is 4.79 Å². The van der Waals surface area contributed by atoms with Crippen molar-refractivity contribution < 1.29 is 26.3 Å².